The summed E-state index contributed by atoms with van der Waals surface area (Å²) in [6.07, 6.45) is 0.152. The van der Waals surface area contributed by atoms with Gasteiger partial charge in [-0.15, -0.1) is 0 Å². The van der Waals surface area contributed by atoms with Gasteiger partial charge in [-0.3, -0.25) is 4.79 Å². The van der Waals surface area contributed by atoms with Gasteiger partial charge in [0.05, 0.1) is 23.0 Å². The van der Waals surface area contributed by atoms with Crippen molar-refractivity contribution in [1.29, 1.82) is 0 Å². The van der Waals surface area contributed by atoms with Crippen molar-refractivity contribution in [3.63, 3.8) is 0 Å². The molecule has 0 saturated carbocycles. The Morgan fingerprint density at radius 2 is 1.45 bits per heavy atom. The van der Waals surface area contributed by atoms with Crippen LogP contribution in [0.15, 0.2) is 93.1 Å². The van der Waals surface area contributed by atoms with Gasteiger partial charge in [0.25, 0.3) is 0 Å². The van der Waals surface area contributed by atoms with Crippen molar-refractivity contribution in [2.24, 2.45) is 0 Å². The second-order valence-electron chi connectivity index (χ2n) is 8.70. The molecule has 3 aromatic carbocycles. The summed E-state index contributed by atoms with van der Waals surface area (Å²) in [4.78, 5) is 13.4. The van der Waals surface area contributed by atoms with E-state index < -0.39 is 32.0 Å². The number of hydrogen-bond donors (Lipinski definition) is 2. The van der Waals surface area contributed by atoms with E-state index in [0.717, 1.165) is 10.0 Å². The zero-order chi connectivity index (χ0) is 27.2. The van der Waals surface area contributed by atoms with Gasteiger partial charge >= 0.3 is 0 Å². The van der Waals surface area contributed by atoms with Gasteiger partial charge in [0.2, 0.25) is 26.0 Å². The van der Waals surface area contributed by atoms with Crippen LogP contribution in [0.1, 0.15) is 11.1 Å². The molecule has 0 aliphatic carbocycles. The van der Waals surface area contributed by atoms with Crippen LogP contribution in [0.4, 0.5) is 0 Å². The van der Waals surface area contributed by atoms with Gasteiger partial charge in [0.1, 0.15) is 6.04 Å². The second-order valence-corrected chi connectivity index (χ2v) is 13.3. The van der Waals surface area contributed by atoms with E-state index in [9.17, 15) is 21.6 Å². The molecule has 1 aliphatic heterocycles. The van der Waals surface area contributed by atoms with Crippen LogP contribution in [-0.2, 0) is 42.5 Å². The quantitative estimate of drug-likeness (QED) is 0.359. The number of benzene rings is 3. The van der Waals surface area contributed by atoms with E-state index in [1.54, 1.807) is 24.3 Å². The average Bonchev–Trinajstić information content (AvgIpc) is 2.93. The maximum absolute atomic E-state index is 13.2. The molecule has 0 unspecified atom stereocenters. The molecule has 0 radical (unpaired) electrons. The Labute approximate surface area is 231 Å². The third-order valence-corrected chi connectivity index (χ3v) is 9.95. The number of ether oxygens (including phenoxy) is 1. The molecule has 1 fully saturated rings. The van der Waals surface area contributed by atoms with E-state index in [0.29, 0.717) is 31.9 Å². The highest BCUT2D eigenvalue weighted by Gasteiger charge is 2.27. The van der Waals surface area contributed by atoms with Crippen LogP contribution in [0.5, 0.6) is 0 Å². The Hall–Kier alpha value is -2.61. The number of sulfonamides is 2. The predicted octanol–water partition coefficient (Wildman–Crippen LogP) is 2.68. The highest BCUT2D eigenvalue weighted by Crippen LogP contribution is 2.18. The topological polar surface area (TPSA) is 122 Å². The fraction of sp³-hybridized carbons (Fsp3) is 0.269. The van der Waals surface area contributed by atoms with E-state index in [1.807, 2.05) is 30.3 Å². The minimum atomic E-state index is -3.97. The van der Waals surface area contributed by atoms with Crippen molar-refractivity contribution in [3.8, 4) is 0 Å². The third kappa shape index (κ3) is 7.28. The lowest BCUT2D eigenvalue weighted by Crippen LogP contribution is -2.47. The first-order valence-electron chi connectivity index (χ1n) is 11.9. The molecular formula is C26H28BrN3O6S2. The number of halogens is 1. The predicted molar refractivity (Wildman–Crippen MR) is 146 cm³/mol. The molecule has 4 rings (SSSR count). The van der Waals surface area contributed by atoms with Gasteiger partial charge in [0, 0.05) is 24.1 Å². The van der Waals surface area contributed by atoms with Gasteiger partial charge in [-0.1, -0.05) is 58.4 Å². The van der Waals surface area contributed by atoms with Crippen LogP contribution in [0, 0.1) is 0 Å². The van der Waals surface area contributed by atoms with E-state index >= 15 is 0 Å². The highest BCUT2D eigenvalue weighted by molar-refractivity contribution is 9.10. The SMILES string of the molecule is O=C(NCc1ccc(S(=O)(=O)N2CCOCC2)cc1)[C@H](Cc1ccccc1)NS(=O)(=O)c1ccc(Br)cc1. The molecule has 1 amide bonds. The molecule has 1 atom stereocenters. The summed E-state index contributed by atoms with van der Waals surface area (Å²) >= 11 is 3.29. The van der Waals surface area contributed by atoms with Crippen molar-refractivity contribution in [2.45, 2.75) is 28.8 Å². The molecule has 0 spiro atoms. The molecule has 2 N–H and O–H groups in total. The van der Waals surface area contributed by atoms with Crippen LogP contribution in [-0.4, -0.2) is 59.4 Å². The highest BCUT2D eigenvalue weighted by atomic mass is 79.9. The molecule has 0 aromatic heterocycles. The van der Waals surface area contributed by atoms with Gasteiger partial charge in [-0.2, -0.15) is 9.03 Å². The Morgan fingerprint density at radius 1 is 0.842 bits per heavy atom. The smallest absolute Gasteiger partial charge is 0.243 e. The summed E-state index contributed by atoms with van der Waals surface area (Å²) in [5.74, 6) is -0.500. The Morgan fingerprint density at radius 3 is 2.08 bits per heavy atom. The second kappa shape index (κ2) is 12.5. The fourth-order valence-electron chi connectivity index (χ4n) is 3.93. The monoisotopic (exact) mass is 621 g/mol. The number of nitrogens with one attached hydrogen (secondary N) is 2. The van der Waals surface area contributed by atoms with Crippen LogP contribution < -0.4 is 10.0 Å². The fourth-order valence-corrected chi connectivity index (χ4v) is 6.80. The van der Waals surface area contributed by atoms with Crippen molar-refractivity contribution >= 4 is 41.9 Å². The molecule has 1 saturated heterocycles. The van der Waals surface area contributed by atoms with E-state index in [-0.39, 0.29) is 22.8 Å². The lowest BCUT2D eigenvalue weighted by atomic mass is 10.1. The summed E-state index contributed by atoms with van der Waals surface area (Å²) in [6, 6.07) is 20.5. The molecule has 1 aliphatic rings. The normalized spacial score (nSPS) is 15.6. The summed E-state index contributed by atoms with van der Waals surface area (Å²) in [7, 11) is -7.59. The molecule has 9 nitrogen and oxygen atoms in total. The molecule has 12 heteroatoms. The van der Waals surface area contributed by atoms with Gasteiger partial charge in [0.15, 0.2) is 0 Å². The minimum Gasteiger partial charge on any atom is -0.379 e. The maximum atomic E-state index is 13.2. The van der Waals surface area contributed by atoms with Crippen molar-refractivity contribution in [3.05, 3.63) is 94.5 Å². The molecule has 0 bridgehead atoms. The van der Waals surface area contributed by atoms with Gasteiger partial charge in [-0.05, 0) is 53.9 Å². The summed E-state index contributed by atoms with van der Waals surface area (Å²) in [6.45, 7) is 1.43. The van der Waals surface area contributed by atoms with Crippen molar-refractivity contribution in [2.75, 3.05) is 26.3 Å². The van der Waals surface area contributed by atoms with Crippen LogP contribution in [0.2, 0.25) is 0 Å². The summed E-state index contributed by atoms with van der Waals surface area (Å²) in [5, 5.41) is 2.77. The van der Waals surface area contributed by atoms with E-state index in [4.69, 9.17) is 4.74 Å². The largest absolute Gasteiger partial charge is 0.379 e. The number of carbonyl (C=O) groups excluding carboxylic acids is 1. The first kappa shape index (κ1) is 28.4. The number of hydrogen-bond acceptors (Lipinski definition) is 6. The summed E-state index contributed by atoms with van der Waals surface area (Å²) in [5.41, 5.74) is 1.47. The lowest BCUT2D eigenvalue weighted by Gasteiger charge is -2.26. The number of amides is 1. The van der Waals surface area contributed by atoms with Gasteiger partial charge in [-0.25, -0.2) is 16.8 Å². The Balaban J connectivity index is 1.45. The first-order valence-corrected chi connectivity index (χ1v) is 15.6. The Kier molecular flexibility index (Phi) is 9.34. The summed E-state index contributed by atoms with van der Waals surface area (Å²) < 4.78 is 61.6. The first-order chi connectivity index (χ1) is 18.1. The Bertz CT molecular complexity index is 1440. The standard InChI is InChI=1S/C26H28BrN3O6S2/c27-22-8-12-23(13-9-22)37(32,33)29-25(18-20-4-2-1-3-5-20)26(31)28-19-21-6-10-24(11-7-21)38(34,35)30-14-16-36-17-15-30/h1-13,25,29H,14-19H2,(H,28,31)/t25-/m0/s1. The lowest BCUT2D eigenvalue weighted by molar-refractivity contribution is -0.122. The number of nitrogens with zero attached hydrogens (tertiary/aromatic N) is 1. The van der Waals surface area contributed by atoms with E-state index in [1.165, 1.54) is 28.6 Å². The minimum absolute atomic E-state index is 0.0450. The molecule has 1 heterocycles. The zero-order valence-electron chi connectivity index (χ0n) is 20.4. The van der Waals surface area contributed by atoms with Crippen molar-refractivity contribution < 1.29 is 26.4 Å². The average molecular weight is 623 g/mol. The number of carbonyl (C=O) groups is 1. The molecule has 202 valence electrons. The molecule has 3 aromatic rings. The van der Waals surface area contributed by atoms with Gasteiger partial charge < -0.3 is 10.1 Å². The van der Waals surface area contributed by atoms with Crippen LogP contribution in [0.3, 0.4) is 0 Å². The molecular weight excluding hydrogens is 594 g/mol. The third-order valence-electron chi connectivity index (χ3n) is 6.02. The van der Waals surface area contributed by atoms with Crippen molar-refractivity contribution in [1.82, 2.24) is 14.3 Å². The number of morpholine rings is 1. The van der Waals surface area contributed by atoms with Crippen LogP contribution >= 0.6 is 15.9 Å². The zero-order valence-corrected chi connectivity index (χ0v) is 23.6. The molecule has 38 heavy (non-hydrogen) atoms. The van der Waals surface area contributed by atoms with E-state index in [2.05, 4.69) is 26.0 Å². The number of rotatable bonds is 10. The van der Waals surface area contributed by atoms with Crippen LogP contribution in [0.25, 0.3) is 0 Å². The maximum Gasteiger partial charge on any atom is 0.243 e.